The van der Waals surface area contributed by atoms with Crippen molar-refractivity contribution in [2.24, 2.45) is 0 Å². The molecule has 0 saturated carbocycles. The molecular weight excluding hydrogens is 362 g/mol. The van der Waals surface area contributed by atoms with Gasteiger partial charge in [0.05, 0.1) is 0 Å². The fourth-order valence-corrected chi connectivity index (χ4v) is 4.41. The molecule has 0 fully saturated rings. The third-order valence-corrected chi connectivity index (χ3v) is 5.51. The van der Waals surface area contributed by atoms with Crippen LogP contribution >= 0.6 is 0 Å². The molecule has 0 saturated heterocycles. The molecule has 29 heavy (non-hydrogen) atoms. The second kappa shape index (κ2) is 8.24. The maximum absolute atomic E-state index is 13.1. The van der Waals surface area contributed by atoms with Crippen LogP contribution in [0.1, 0.15) is 60.2 Å². The number of carbonyl (C=O) groups excluding carboxylic acids is 1. The van der Waals surface area contributed by atoms with Crippen LogP contribution in [0.15, 0.2) is 51.7 Å². The third kappa shape index (κ3) is 3.59. The van der Waals surface area contributed by atoms with Crippen LogP contribution in [0.25, 0.3) is 11.0 Å². The van der Waals surface area contributed by atoms with Gasteiger partial charge in [-0.25, -0.2) is 4.79 Å². The van der Waals surface area contributed by atoms with Gasteiger partial charge in [0.2, 0.25) is 0 Å². The summed E-state index contributed by atoms with van der Waals surface area (Å²) in [6, 6.07) is 12.5. The molecule has 2 aromatic carbocycles. The van der Waals surface area contributed by atoms with E-state index in [0.29, 0.717) is 16.7 Å². The smallest absolute Gasteiger partial charge is 0.336 e. The van der Waals surface area contributed by atoms with Crippen LogP contribution in [0.5, 0.6) is 0 Å². The molecule has 0 bridgehead atoms. The average Bonchev–Trinajstić information content (AvgIpc) is 2.75. The van der Waals surface area contributed by atoms with E-state index in [0.717, 1.165) is 49.7 Å². The Hall–Kier alpha value is -2.88. The van der Waals surface area contributed by atoms with Crippen LogP contribution in [0, 0.1) is 0 Å². The van der Waals surface area contributed by atoms with Gasteiger partial charge in [-0.3, -0.25) is 4.79 Å². The summed E-state index contributed by atoms with van der Waals surface area (Å²) in [5.41, 5.74) is 4.79. The number of fused-ring (bicyclic) bond motifs is 2. The number of rotatable bonds is 2. The molecule has 0 amide bonds. The predicted octanol–water partition coefficient (Wildman–Crippen LogP) is 5.14. The largest absolute Gasteiger partial charge is 0.422 e. The number of hydrogen-bond donors (Lipinski definition) is 0. The number of aryl methyl sites for hydroxylation is 2. The quantitative estimate of drug-likeness (QED) is 0.450. The molecular formula is C25H27NO3. The van der Waals surface area contributed by atoms with Crippen LogP contribution in [-0.4, -0.2) is 18.9 Å². The number of carbonyl (C=O) groups is 1. The van der Waals surface area contributed by atoms with Crippen molar-refractivity contribution < 1.29 is 9.21 Å². The zero-order valence-corrected chi connectivity index (χ0v) is 17.2. The zero-order chi connectivity index (χ0) is 20.4. The molecule has 0 N–H and O–H groups in total. The lowest BCUT2D eigenvalue weighted by molar-refractivity contribution is 0.103. The van der Waals surface area contributed by atoms with Crippen molar-refractivity contribution in [1.82, 2.24) is 0 Å². The van der Waals surface area contributed by atoms with Gasteiger partial charge < -0.3 is 9.32 Å². The summed E-state index contributed by atoms with van der Waals surface area (Å²) in [4.78, 5) is 27.7. The molecule has 3 heterocycles. The van der Waals surface area contributed by atoms with E-state index in [1.54, 1.807) is 12.1 Å². The first-order valence-corrected chi connectivity index (χ1v) is 10.6. The molecule has 150 valence electrons. The van der Waals surface area contributed by atoms with Crippen LogP contribution in [0.3, 0.4) is 0 Å². The van der Waals surface area contributed by atoms with Crippen LogP contribution in [0.2, 0.25) is 0 Å². The fourth-order valence-electron chi connectivity index (χ4n) is 4.41. The van der Waals surface area contributed by atoms with Crippen molar-refractivity contribution in [2.45, 2.75) is 46.0 Å². The maximum atomic E-state index is 13.1. The molecule has 3 aromatic rings. The van der Waals surface area contributed by atoms with Gasteiger partial charge >= 0.3 is 5.63 Å². The predicted molar refractivity (Wildman–Crippen MR) is 117 cm³/mol. The fraction of sp³-hybridized carbons (Fsp3) is 0.360. The van der Waals surface area contributed by atoms with Crippen LogP contribution in [0.4, 0.5) is 5.69 Å². The monoisotopic (exact) mass is 389 g/mol. The Bertz CT molecular complexity index is 1100. The summed E-state index contributed by atoms with van der Waals surface area (Å²) in [5, 5.41) is 0.774. The Morgan fingerprint density at radius 1 is 1.03 bits per heavy atom. The first-order chi connectivity index (χ1) is 14.1. The molecule has 2 aliphatic rings. The van der Waals surface area contributed by atoms with E-state index in [-0.39, 0.29) is 5.78 Å². The minimum atomic E-state index is -0.457. The first kappa shape index (κ1) is 19.4. The Morgan fingerprint density at radius 2 is 1.72 bits per heavy atom. The molecule has 0 aliphatic carbocycles. The summed E-state index contributed by atoms with van der Waals surface area (Å²) in [6.07, 6.45) is 5.32. The van der Waals surface area contributed by atoms with E-state index in [4.69, 9.17) is 4.42 Å². The van der Waals surface area contributed by atoms with Gasteiger partial charge in [0, 0.05) is 46.9 Å². The minimum absolute atomic E-state index is 0.126. The zero-order valence-electron chi connectivity index (χ0n) is 17.2. The van der Waals surface area contributed by atoms with E-state index >= 15 is 0 Å². The third-order valence-electron chi connectivity index (χ3n) is 5.51. The van der Waals surface area contributed by atoms with Gasteiger partial charge in [0.1, 0.15) is 5.58 Å². The topological polar surface area (TPSA) is 50.5 Å². The van der Waals surface area contributed by atoms with Gasteiger partial charge in [0.15, 0.2) is 5.78 Å². The molecule has 2 aliphatic heterocycles. The Labute approximate surface area is 171 Å². The summed E-state index contributed by atoms with van der Waals surface area (Å²) >= 11 is 0. The summed E-state index contributed by atoms with van der Waals surface area (Å²) in [5.74, 6) is -0.126. The van der Waals surface area contributed by atoms with Gasteiger partial charge in [0.25, 0.3) is 0 Å². The highest BCUT2D eigenvalue weighted by Gasteiger charge is 2.28. The molecule has 1 aromatic heterocycles. The van der Waals surface area contributed by atoms with E-state index in [1.165, 1.54) is 23.7 Å². The molecule has 4 nitrogen and oxygen atoms in total. The van der Waals surface area contributed by atoms with Crippen molar-refractivity contribution in [3.63, 3.8) is 0 Å². The molecule has 0 unspecified atom stereocenters. The number of benzene rings is 2. The number of ketones is 1. The Balaban J connectivity index is 0.000000645. The molecule has 0 atom stereocenters. The number of anilines is 1. The molecule has 5 rings (SSSR count). The van der Waals surface area contributed by atoms with Gasteiger partial charge in [-0.2, -0.15) is 0 Å². The first-order valence-electron chi connectivity index (χ1n) is 10.6. The second-order valence-corrected chi connectivity index (χ2v) is 7.82. The van der Waals surface area contributed by atoms with E-state index < -0.39 is 5.63 Å². The Morgan fingerprint density at radius 3 is 2.45 bits per heavy atom. The highest BCUT2D eigenvalue weighted by molar-refractivity contribution is 6.16. The minimum Gasteiger partial charge on any atom is -0.422 e. The summed E-state index contributed by atoms with van der Waals surface area (Å²) < 4.78 is 5.62. The van der Waals surface area contributed by atoms with E-state index in [2.05, 4.69) is 24.8 Å². The van der Waals surface area contributed by atoms with Crippen molar-refractivity contribution in [1.29, 1.82) is 0 Å². The lowest BCUT2D eigenvalue weighted by Crippen LogP contribution is -2.34. The molecule has 0 spiro atoms. The maximum Gasteiger partial charge on any atom is 0.336 e. The van der Waals surface area contributed by atoms with Crippen molar-refractivity contribution in [3.8, 4) is 0 Å². The number of nitrogens with zero attached hydrogens (tertiary/aromatic N) is 1. The highest BCUT2D eigenvalue weighted by Crippen LogP contribution is 2.40. The highest BCUT2D eigenvalue weighted by atomic mass is 16.4. The summed E-state index contributed by atoms with van der Waals surface area (Å²) in [6.45, 7) is 6.36. The standard InChI is InChI=1S/C22H19NO3.C3H8/c24-19-13-17(21(25)14-6-2-1-3-7-14)18-12-15-8-4-10-23-11-5-9-16(20(15)23)22(18)26-19;1-3-2/h1-3,6-7,12-13H,4-5,8-11H2;3H2,1-2H3. The normalized spacial score (nSPS) is 14.8. The summed E-state index contributed by atoms with van der Waals surface area (Å²) in [7, 11) is 0. The Kier molecular flexibility index (Phi) is 5.52. The van der Waals surface area contributed by atoms with Gasteiger partial charge in [-0.05, 0) is 37.3 Å². The average molecular weight is 389 g/mol. The lowest BCUT2D eigenvalue weighted by Gasteiger charge is -2.37. The van der Waals surface area contributed by atoms with Crippen molar-refractivity contribution in [2.75, 3.05) is 18.0 Å². The van der Waals surface area contributed by atoms with Crippen LogP contribution in [-0.2, 0) is 12.8 Å². The van der Waals surface area contributed by atoms with Gasteiger partial charge in [-0.1, -0.05) is 50.6 Å². The van der Waals surface area contributed by atoms with Crippen LogP contribution < -0.4 is 10.5 Å². The number of hydrogen-bond acceptors (Lipinski definition) is 4. The SMILES string of the molecule is CCC.O=C(c1ccccc1)c1cc(=O)oc2c3c4c(cc12)CCCN4CCC3. The van der Waals surface area contributed by atoms with E-state index in [1.807, 2.05) is 18.2 Å². The molecule has 4 heteroatoms. The second-order valence-electron chi connectivity index (χ2n) is 7.82. The lowest BCUT2D eigenvalue weighted by atomic mass is 9.88. The van der Waals surface area contributed by atoms with Crippen molar-refractivity contribution in [3.05, 3.63) is 75.1 Å². The van der Waals surface area contributed by atoms with Gasteiger partial charge in [-0.15, -0.1) is 0 Å². The van der Waals surface area contributed by atoms with Crippen molar-refractivity contribution >= 4 is 22.4 Å². The van der Waals surface area contributed by atoms with E-state index in [9.17, 15) is 9.59 Å². The molecule has 0 radical (unpaired) electrons.